The summed E-state index contributed by atoms with van der Waals surface area (Å²) in [7, 11) is -5.68. The van der Waals surface area contributed by atoms with Gasteiger partial charge < -0.3 is 5.73 Å². The molecule has 0 aliphatic heterocycles. The van der Waals surface area contributed by atoms with Crippen molar-refractivity contribution in [2.24, 2.45) is 12.8 Å². The number of aromatic nitrogens is 2. The van der Waals surface area contributed by atoms with Gasteiger partial charge in [-0.3, -0.25) is 9.40 Å². The van der Waals surface area contributed by atoms with Gasteiger partial charge in [-0.25, -0.2) is 16.8 Å². The predicted molar refractivity (Wildman–Crippen MR) is 76.2 cm³/mol. The van der Waals surface area contributed by atoms with Crippen LogP contribution in [0.2, 0.25) is 0 Å². The smallest absolute Gasteiger partial charge is 0.234 e. The average molecular weight is 326 g/mol. The maximum absolute atomic E-state index is 11.8. The summed E-state index contributed by atoms with van der Waals surface area (Å²) in [4.78, 5) is -0.00564. The van der Waals surface area contributed by atoms with Crippen molar-refractivity contribution in [3.05, 3.63) is 11.8 Å². The van der Waals surface area contributed by atoms with E-state index in [9.17, 15) is 16.8 Å². The highest BCUT2D eigenvalue weighted by molar-refractivity contribution is 7.95. The summed E-state index contributed by atoms with van der Waals surface area (Å²) < 4.78 is 49.0. The Labute approximate surface area is 116 Å². The van der Waals surface area contributed by atoms with Crippen LogP contribution in [-0.4, -0.2) is 49.4 Å². The third-order valence-electron chi connectivity index (χ3n) is 2.18. The highest BCUT2D eigenvalue weighted by Gasteiger charge is 2.19. The van der Waals surface area contributed by atoms with Crippen molar-refractivity contribution in [1.29, 1.82) is 0 Å². The number of thiocarbonyl (C=S) groups is 1. The van der Waals surface area contributed by atoms with E-state index in [1.165, 1.54) is 17.9 Å². The van der Waals surface area contributed by atoms with Gasteiger partial charge in [-0.05, 0) is 0 Å². The molecule has 19 heavy (non-hydrogen) atoms. The molecule has 1 aromatic rings. The topological polar surface area (TPSA) is 124 Å². The molecule has 0 saturated heterocycles. The molecule has 8 nitrogen and oxygen atoms in total. The molecule has 0 atom stereocenters. The first-order valence-corrected chi connectivity index (χ1v) is 9.14. The van der Waals surface area contributed by atoms with Gasteiger partial charge in [-0.15, -0.1) is 0 Å². The van der Waals surface area contributed by atoms with Crippen molar-refractivity contribution in [3.63, 3.8) is 0 Å². The first kappa shape index (κ1) is 15.9. The van der Waals surface area contributed by atoms with Gasteiger partial charge in [0.25, 0.3) is 0 Å². The van der Waals surface area contributed by atoms with Crippen LogP contribution in [0.15, 0.2) is 6.20 Å². The summed E-state index contributed by atoms with van der Waals surface area (Å²) in [6.45, 7) is 0. The Morgan fingerprint density at radius 1 is 1.42 bits per heavy atom. The molecule has 0 amide bonds. The molecule has 0 spiro atoms. The van der Waals surface area contributed by atoms with Crippen LogP contribution >= 0.6 is 12.2 Å². The van der Waals surface area contributed by atoms with Crippen molar-refractivity contribution < 1.29 is 16.8 Å². The number of aryl methyl sites for hydroxylation is 1. The molecule has 3 N–H and O–H groups in total. The van der Waals surface area contributed by atoms with Gasteiger partial charge in [0, 0.05) is 13.3 Å². The number of nitrogens with one attached hydrogen (secondary N) is 1. The lowest BCUT2D eigenvalue weighted by Gasteiger charge is -2.09. The van der Waals surface area contributed by atoms with E-state index in [0.717, 1.165) is 6.26 Å². The average Bonchev–Trinajstić information content (AvgIpc) is 2.57. The van der Waals surface area contributed by atoms with Crippen molar-refractivity contribution >= 4 is 42.9 Å². The quantitative estimate of drug-likeness (QED) is 0.632. The van der Waals surface area contributed by atoms with E-state index in [2.05, 4.69) is 9.82 Å². The van der Waals surface area contributed by atoms with E-state index in [0.29, 0.717) is 0 Å². The van der Waals surface area contributed by atoms with Crippen LogP contribution in [0, 0.1) is 0 Å². The second-order valence-electron chi connectivity index (χ2n) is 3.95. The first-order valence-electron chi connectivity index (χ1n) is 5.02. The predicted octanol–water partition coefficient (Wildman–Crippen LogP) is -1.16. The second kappa shape index (κ2) is 5.43. The molecule has 108 valence electrons. The Balaban J connectivity index is 2.96. The summed E-state index contributed by atoms with van der Waals surface area (Å²) in [5, 5.41) is 3.83. The summed E-state index contributed by atoms with van der Waals surface area (Å²) >= 11 is 4.77. The Morgan fingerprint density at radius 3 is 2.47 bits per heavy atom. The third-order valence-corrected chi connectivity index (χ3v) is 4.85. The number of sulfone groups is 1. The minimum Gasteiger partial charge on any atom is -0.389 e. The van der Waals surface area contributed by atoms with Crippen LogP contribution < -0.4 is 10.5 Å². The van der Waals surface area contributed by atoms with E-state index in [1.807, 2.05) is 0 Å². The maximum Gasteiger partial charge on any atom is 0.234 e. The van der Waals surface area contributed by atoms with Crippen molar-refractivity contribution in [1.82, 2.24) is 9.78 Å². The molecule has 0 saturated carbocycles. The number of nitrogens with two attached hydrogens (primary N) is 1. The molecule has 0 radical (unpaired) electrons. The van der Waals surface area contributed by atoms with E-state index < -0.39 is 31.4 Å². The van der Waals surface area contributed by atoms with Gasteiger partial charge in [0.05, 0.1) is 23.3 Å². The summed E-state index contributed by atoms with van der Waals surface area (Å²) in [5.41, 5.74) is 5.72. The Kier molecular flexibility index (Phi) is 4.53. The van der Waals surface area contributed by atoms with Gasteiger partial charge >= 0.3 is 0 Å². The number of rotatable bonds is 6. The Hall–Kier alpha value is -1.20. The summed E-state index contributed by atoms with van der Waals surface area (Å²) in [6, 6.07) is 0. The van der Waals surface area contributed by atoms with Gasteiger partial charge in [0.15, 0.2) is 0 Å². The van der Waals surface area contributed by atoms with Crippen LogP contribution in [0.5, 0.6) is 0 Å². The molecular weight excluding hydrogens is 312 g/mol. The molecule has 0 aliphatic rings. The molecule has 0 fully saturated rings. The number of hydrogen-bond acceptors (Lipinski definition) is 6. The molecule has 0 aromatic carbocycles. The maximum atomic E-state index is 11.8. The van der Waals surface area contributed by atoms with Crippen LogP contribution in [0.1, 0.15) is 5.56 Å². The number of sulfonamides is 1. The minimum absolute atomic E-state index is 0.00564. The molecule has 0 unspecified atom stereocenters. The second-order valence-corrected chi connectivity index (χ2v) is 8.49. The molecule has 0 bridgehead atoms. The van der Waals surface area contributed by atoms with Crippen molar-refractivity contribution in [2.75, 3.05) is 22.5 Å². The van der Waals surface area contributed by atoms with Crippen LogP contribution in [0.3, 0.4) is 0 Å². The number of nitrogens with zero attached hydrogens (tertiary/aromatic N) is 2. The minimum atomic E-state index is -3.82. The van der Waals surface area contributed by atoms with E-state index in [4.69, 9.17) is 18.0 Å². The molecule has 1 rings (SSSR count). The fraction of sp³-hybridized carbons (Fsp3) is 0.500. The fourth-order valence-corrected chi connectivity index (χ4v) is 4.08. The highest BCUT2D eigenvalue weighted by atomic mass is 32.2. The van der Waals surface area contributed by atoms with E-state index in [1.54, 1.807) is 0 Å². The van der Waals surface area contributed by atoms with Gasteiger partial charge in [0.2, 0.25) is 10.0 Å². The molecule has 11 heteroatoms. The Morgan fingerprint density at radius 2 is 2.00 bits per heavy atom. The summed E-state index contributed by atoms with van der Waals surface area (Å²) in [5.74, 6) is -0.905. The lowest BCUT2D eigenvalue weighted by Crippen LogP contribution is -2.25. The van der Waals surface area contributed by atoms with Crippen molar-refractivity contribution in [2.45, 2.75) is 0 Å². The number of anilines is 1. The zero-order valence-corrected chi connectivity index (χ0v) is 12.8. The Bertz CT molecular complexity index is 690. The standard InChI is InChI=1S/C8H14N4O4S3/c1-12-8(6(5-10-12)7(9)17)11-19(15,16)4-3-18(2,13)14/h5,11H,3-4H2,1-2H3,(H2,9,17). The largest absolute Gasteiger partial charge is 0.389 e. The van der Waals surface area contributed by atoms with Gasteiger partial charge in [-0.1, -0.05) is 12.2 Å². The highest BCUT2D eigenvalue weighted by Crippen LogP contribution is 2.15. The lowest BCUT2D eigenvalue weighted by molar-refractivity contribution is 0.593. The summed E-state index contributed by atoms with van der Waals surface area (Å²) in [6.07, 6.45) is 2.30. The monoisotopic (exact) mass is 326 g/mol. The van der Waals surface area contributed by atoms with E-state index in [-0.39, 0.29) is 16.4 Å². The molecule has 1 heterocycles. The van der Waals surface area contributed by atoms with Gasteiger partial charge in [0.1, 0.15) is 20.6 Å². The van der Waals surface area contributed by atoms with Crippen LogP contribution in [0.25, 0.3) is 0 Å². The zero-order valence-electron chi connectivity index (χ0n) is 10.3. The fourth-order valence-electron chi connectivity index (χ4n) is 1.20. The number of hydrogen-bond donors (Lipinski definition) is 2. The normalized spacial score (nSPS) is 12.3. The van der Waals surface area contributed by atoms with Crippen LogP contribution in [-0.2, 0) is 26.9 Å². The molecule has 1 aromatic heterocycles. The zero-order chi connectivity index (χ0) is 14.8. The van der Waals surface area contributed by atoms with E-state index >= 15 is 0 Å². The van der Waals surface area contributed by atoms with Gasteiger partial charge in [-0.2, -0.15) is 5.10 Å². The lowest BCUT2D eigenvalue weighted by atomic mass is 10.3. The third kappa shape index (κ3) is 4.76. The first-order chi connectivity index (χ1) is 8.52. The SMILES string of the molecule is Cn1ncc(C(N)=S)c1NS(=O)(=O)CCS(C)(=O)=O. The molecule has 0 aliphatic carbocycles. The van der Waals surface area contributed by atoms with Crippen molar-refractivity contribution in [3.8, 4) is 0 Å². The van der Waals surface area contributed by atoms with Crippen LogP contribution in [0.4, 0.5) is 5.82 Å². The molecular formula is C8H14N4O4S3.